The van der Waals surface area contributed by atoms with Gasteiger partial charge in [0, 0.05) is 43.3 Å². The fraction of sp³-hybridized carbons (Fsp3) is 0.438. The Labute approximate surface area is 124 Å². The fourth-order valence-electron chi connectivity index (χ4n) is 2.60. The van der Waals surface area contributed by atoms with E-state index in [-0.39, 0.29) is 5.91 Å². The summed E-state index contributed by atoms with van der Waals surface area (Å²) in [7, 11) is 0. The monoisotopic (exact) mass is 284 g/mol. The van der Waals surface area contributed by atoms with E-state index in [0.29, 0.717) is 18.2 Å². The molecule has 1 fully saturated rings. The molecule has 1 aliphatic carbocycles. The van der Waals surface area contributed by atoms with Crippen molar-refractivity contribution in [2.45, 2.75) is 39.2 Å². The van der Waals surface area contributed by atoms with Crippen molar-refractivity contribution in [2.75, 3.05) is 6.54 Å². The first-order chi connectivity index (χ1) is 10.2. The van der Waals surface area contributed by atoms with Gasteiger partial charge in [-0.15, -0.1) is 0 Å². The maximum absolute atomic E-state index is 12.1. The molecule has 1 N–H and O–H groups in total. The second-order valence-corrected chi connectivity index (χ2v) is 5.61. The molecule has 3 rings (SSSR count). The van der Waals surface area contributed by atoms with E-state index in [0.717, 1.165) is 17.8 Å². The van der Waals surface area contributed by atoms with Gasteiger partial charge in [0.25, 0.3) is 5.91 Å². The van der Waals surface area contributed by atoms with E-state index in [2.05, 4.69) is 26.8 Å². The van der Waals surface area contributed by atoms with Crippen LogP contribution < -0.4 is 5.32 Å². The summed E-state index contributed by atoms with van der Waals surface area (Å²) in [5.41, 5.74) is 2.79. The van der Waals surface area contributed by atoms with Gasteiger partial charge in [-0.1, -0.05) is 0 Å². The minimum absolute atomic E-state index is 0.0677. The van der Waals surface area contributed by atoms with Gasteiger partial charge in [0.05, 0.1) is 5.56 Å². The van der Waals surface area contributed by atoms with E-state index in [1.165, 1.54) is 18.5 Å². The topological polar surface area (TPSA) is 59.8 Å². The first-order valence-electron chi connectivity index (χ1n) is 7.38. The van der Waals surface area contributed by atoms with Crippen LogP contribution in [0.3, 0.4) is 0 Å². The van der Waals surface area contributed by atoms with Gasteiger partial charge in [0.15, 0.2) is 0 Å². The Kier molecular flexibility index (Phi) is 3.73. The predicted octanol–water partition coefficient (Wildman–Crippen LogP) is 2.20. The zero-order valence-corrected chi connectivity index (χ0v) is 12.5. The van der Waals surface area contributed by atoms with Crippen LogP contribution in [0.1, 0.15) is 46.3 Å². The molecule has 1 amide bonds. The largest absolute Gasteiger partial charge is 0.352 e. The molecule has 0 saturated heterocycles. The van der Waals surface area contributed by atoms with Crippen molar-refractivity contribution < 1.29 is 4.79 Å². The molecular weight excluding hydrogens is 264 g/mol. The van der Waals surface area contributed by atoms with Crippen molar-refractivity contribution in [3.05, 3.63) is 47.3 Å². The SMILES string of the molecule is Cc1ccncc1C(=O)NCCc1ncc(C)n1C1CC1. The normalized spacial score (nSPS) is 14.2. The van der Waals surface area contributed by atoms with Gasteiger partial charge < -0.3 is 9.88 Å². The van der Waals surface area contributed by atoms with Gasteiger partial charge in [0.1, 0.15) is 5.82 Å². The number of pyridine rings is 1. The van der Waals surface area contributed by atoms with E-state index >= 15 is 0 Å². The molecule has 0 radical (unpaired) electrons. The van der Waals surface area contributed by atoms with E-state index in [9.17, 15) is 4.79 Å². The molecule has 2 heterocycles. The molecular formula is C16H20N4O. The summed E-state index contributed by atoms with van der Waals surface area (Å²) < 4.78 is 2.31. The van der Waals surface area contributed by atoms with E-state index < -0.39 is 0 Å². The molecule has 1 saturated carbocycles. The third kappa shape index (κ3) is 2.96. The lowest BCUT2D eigenvalue weighted by Gasteiger charge is -2.10. The summed E-state index contributed by atoms with van der Waals surface area (Å²) in [4.78, 5) is 20.6. The molecule has 2 aromatic rings. The average molecular weight is 284 g/mol. The van der Waals surface area contributed by atoms with Gasteiger partial charge in [-0.05, 0) is 38.3 Å². The van der Waals surface area contributed by atoms with Crippen LogP contribution in [0.15, 0.2) is 24.7 Å². The molecule has 21 heavy (non-hydrogen) atoms. The van der Waals surface area contributed by atoms with Gasteiger partial charge in [-0.2, -0.15) is 0 Å². The van der Waals surface area contributed by atoms with Crippen LogP contribution in [0.25, 0.3) is 0 Å². The lowest BCUT2D eigenvalue weighted by molar-refractivity contribution is 0.0953. The zero-order chi connectivity index (χ0) is 14.8. The molecule has 0 unspecified atom stereocenters. The summed E-state index contributed by atoms with van der Waals surface area (Å²) >= 11 is 0. The quantitative estimate of drug-likeness (QED) is 0.915. The number of amides is 1. The Morgan fingerprint density at radius 1 is 1.38 bits per heavy atom. The van der Waals surface area contributed by atoms with Crippen LogP contribution in [-0.4, -0.2) is 27.0 Å². The predicted molar refractivity (Wildman–Crippen MR) is 80.2 cm³/mol. The van der Waals surface area contributed by atoms with Crippen LogP contribution in [0.2, 0.25) is 0 Å². The molecule has 1 aliphatic rings. The number of aryl methyl sites for hydroxylation is 2. The smallest absolute Gasteiger partial charge is 0.253 e. The highest BCUT2D eigenvalue weighted by Crippen LogP contribution is 2.36. The van der Waals surface area contributed by atoms with Crippen molar-refractivity contribution in [1.82, 2.24) is 19.9 Å². The third-order valence-corrected chi connectivity index (χ3v) is 3.89. The number of aromatic nitrogens is 3. The maximum Gasteiger partial charge on any atom is 0.253 e. The molecule has 5 heteroatoms. The standard InChI is InChI=1S/C16H20N4O/c1-11-5-7-17-10-14(11)16(21)18-8-6-15-19-9-12(2)20(15)13-3-4-13/h5,7,9-10,13H,3-4,6,8H2,1-2H3,(H,18,21). The molecule has 110 valence electrons. The molecule has 0 spiro atoms. The number of nitrogens with one attached hydrogen (secondary N) is 1. The first kappa shape index (κ1) is 13.8. The molecule has 0 aliphatic heterocycles. The second-order valence-electron chi connectivity index (χ2n) is 5.61. The lowest BCUT2D eigenvalue weighted by atomic mass is 10.1. The van der Waals surface area contributed by atoms with Crippen LogP contribution in [0, 0.1) is 13.8 Å². The molecule has 0 bridgehead atoms. The molecule has 2 aromatic heterocycles. The van der Waals surface area contributed by atoms with Crippen molar-refractivity contribution in [3.63, 3.8) is 0 Å². The molecule has 0 atom stereocenters. The van der Waals surface area contributed by atoms with E-state index in [1.54, 1.807) is 12.4 Å². The first-order valence-corrected chi connectivity index (χ1v) is 7.38. The minimum atomic E-state index is -0.0677. The number of hydrogen-bond acceptors (Lipinski definition) is 3. The van der Waals surface area contributed by atoms with Crippen LogP contribution in [-0.2, 0) is 6.42 Å². The number of hydrogen-bond donors (Lipinski definition) is 1. The maximum atomic E-state index is 12.1. The second kappa shape index (κ2) is 5.68. The Morgan fingerprint density at radius 3 is 2.90 bits per heavy atom. The summed E-state index contributed by atoms with van der Waals surface area (Å²) in [6.07, 6.45) is 8.47. The average Bonchev–Trinajstić information content (AvgIpc) is 3.24. The minimum Gasteiger partial charge on any atom is -0.352 e. The third-order valence-electron chi connectivity index (χ3n) is 3.89. The highest BCUT2D eigenvalue weighted by atomic mass is 16.1. The Bertz CT molecular complexity index is 658. The zero-order valence-electron chi connectivity index (χ0n) is 12.5. The lowest BCUT2D eigenvalue weighted by Crippen LogP contribution is -2.27. The van der Waals surface area contributed by atoms with Gasteiger partial charge in [-0.25, -0.2) is 4.98 Å². The number of imidazole rings is 1. The van der Waals surface area contributed by atoms with Gasteiger partial charge in [0.2, 0.25) is 0 Å². The van der Waals surface area contributed by atoms with Crippen molar-refractivity contribution >= 4 is 5.91 Å². The number of carbonyl (C=O) groups is 1. The van der Waals surface area contributed by atoms with Crippen molar-refractivity contribution in [1.29, 1.82) is 0 Å². The summed E-state index contributed by atoms with van der Waals surface area (Å²) in [5, 5.41) is 2.95. The molecule has 5 nitrogen and oxygen atoms in total. The number of carbonyl (C=O) groups excluding carboxylic acids is 1. The summed E-state index contributed by atoms with van der Waals surface area (Å²) in [6.45, 7) is 4.60. The van der Waals surface area contributed by atoms with Gasteiger partial charge in [-0.3, -0.25) is 9.78 Å². The molecule has 0 aromatic carbocycles. The van der Waals surface area contributed by atoms with Gasteiger partial charge >= 0.3 is 0 Å². The van der Waals surface area contributed by atoms with Crippen LogP contribution in [0.5, 0.6) is 0 Å². The summed E-state index contributed by atoms with van der Waals surface area (Å²) in [5.74, 6) is 1.00. The summed E-state index contributed by atoms with van der Waals surface area (Å²) in [6, 6.07) is 2.47. The Hall–Kier alpha value is -2.17. The van der Waals surface area contributed by atoms with E-state index in [1.807, 2.05) is 19.2 Å². The number of rotatable bonds is 5. The van der Waals surface area contributed by atoms with Crippen LogP contribution in [0.4, 0.5) is 0 Å². The number of nitrogens with zero attached hydrogens (tertiary/aromatic N) is 3. The van der Waals surface area contributed by atoms with Crippen LogP contribution >= 0.6 is 0 Å². The van der Waals surface area contributed by atoms with Crippen molar-refractivity contribution in [3.8, 4) is 0 Å². The van der Waals surface area contributed by atoms with E-state index in [4.69, 9.17) is 0 Å². The highest BCUT2D eigenvalue weighted by molar-refractivity contribution is 5.95. The fourth-order valence-corrected chi connectivity index (χ4v) is 2.60. The van der Waals surface area contributed by atoms with Crippen molar-refractivity contribution in [2.24, 2.45) is 0 Å². The highest BCUT2D eigenvalue weighted by Gasteiger charge is 2.26. The Morgan fingerprint density at radius 2 is 2.19 bits per heavy atom. The Balaban J connectivity index is 1.59.